The first kappa shape index (κ1) is 42.3. The summed E-state index contributed by atoms with van der Waals surface area (Å²) in [6.07, 6.45) is -0.936. The number of nitrogens with one attached hydrogen (secondary N) is 3. The van der Waals surface area contributed by atoms with E-state index in [0.717, 1.165) is 22.4 Å². The average molecular weight is 836 g/mol. The van der Waals surface area contributed by atoms with Gasteiger partial charge in [-0.1, -0.05) is 6.92 Å². The first-order chi connectivity index (χ1) is 27.9. The number of piperidine rings is 1. The van der Waals surface area contributed by atoms with Gasteiger partial charge in [0.1, 0.15) is 35.8 Å². The van der Waals surface area contributed by atoms with Gasteiger partial charge in [-0.2, -0.15) is 18.4 Å². The molecule has 19 heteroatoms. The summed E-state index contributed by atoms with van der Waals surface area (Å²) in [5.41, 5.74) is -0.860. The van der Waals surface area contributed by atoms with Crippen molar-refractivity contribution >= 4 is 63.7 Å². The smallest absolute Gasteiger partial charge is 0.419 e. The van der Waals surface area contributed by atoms with E-state index >= 15 is 0 Å². The van der Waals surface area contributed by atoms with E-state index in [1.54, 1.807) is 30.9 Å². The molecule has 0 saturated carbocycles. The Morgan fingerprint density at radius 2 is 1.85 bits per heavy atom. The molecule has 14 nitrogen and oxygen atoms in total. The van der Waals surface area contributed by atoms with Crippen molar-refractivity contribution < 1.29 is 41.5 Å². The number of carbonyl (C=O) groups is 4. The molecule has 3 aromatic rings. The predicted octanol–water partition coefficient (Wildman–Crippen LogP) is 5.30. The lowest BCUT2D eigenvalue weighted by molar-refractivity contribution is -0.138. The molecule has 0 spiro atoms. The Kier molecular flexibility index (Phi) is 12.1. The Hall–Kier alpha value is -6.29. The highest BCUT2D eigenvalue weighted by Gasteiger charge is 2.51. The van der Waals surface area contributed by atoms with Crippen molar-refractivity contribution in [2.75, 3.05) is 53.2 Å². The molecule has 2 aromatic carbocycles. The SMILES string of the molecule is CCc1cc(N2C(=S)N(c3cnc(C#N)c(C(F)(F)F)c3)C(=O)C2(C)C)ccc1OCCN1C=C(C)N(CC(=O)Nc2cc(F)cc(NC3CCC(=O)NC3=O)c2)CC1. The summed E-state index contributed by atoms with van der Waals surface area (Å²) in [4.78, 5) is 60.4. The molecule has 0 bridgehead atoms. The minimum atomic E-state index is -4.87. The number of nitriles is 1. The van der Waals surface area contributed by atoms with Gasteiger partial charge in [0.05, 0.1) is 30.5 Å². The third-order valence-corrected chi connectivity index (χ3v) is 10.5. The van der Waals surface area contributed by atoms with E-state index in [0.29, 0.717) is 55.9 Å². The predicted molar refractivity (Wildman–Crippen MR) is 214 cm³/mol. The molecule has 3 aliphatic heterocycles. The maximum absolute atomic E-state index is 14.4. The van der Waals surface area contributed by atoms with Gasteiger partial charge in [0, 0.05) is 48.5 Å². The normalized spacial score (nSPS) is 18.1. The van der Waals surface area contributed by atoms with Crippen molar-refractivity contribution in [1.29, 1.82) is 5.26 Å². The Balaban J connectivity index is 1.04. The fourth-order valence-electron chi connectivity index (χ4n) is 7.10. The maximum Gasteiger partial charge on any atom is 0.419 e. The molecule has 6 rings (SSSR count). The second kappa shape index (κ2) is 16.9. The van der Waals surface area contributed by atoms with E-state index in [1.165, 1.54) is 24.3 Å². The molecule has 310 valence electrons. The van der Waals surface area contributed by atoms with E-state index in [1.807, 2.05) is 31.0 Å². The number of hydrogen-bond donors (Lipinski definition) is 3. The molecule has 2 fully saturated rings. The van der Waals surface area contributed by atoms with Crippen LogP contribution in [-0.2, 0) is 31.8 Å². The zero-order valence-electron chi connectivity index (χ0n) is 32.6. The number of anilines is 4. The quantitative estimate of drug-likeness (QED) is 0.123. The van der Waals surface area contributed by atoms with Gasteiger partial charge in [0.25, 0.3) is 5.91 Å². The van der Waals surface area contributed by atoms with Crippen molar-refractivity contribution in [1.82, 2.24) is 20.1 Å². The number of aryl methyl sites for hydroxylation is 1. The second-order valence-electron chi connectivity index (χ2n) is 14.7. The molecule has 0 radical (unpaired) electrons. The van der Waals surface area contributed by atoms with Gasteiger partial charge in [-0.3, -0.25) is 29.4 Å². The van der Waals surface area contributed by atoms with Crippen LogP contribution >= 0.6 is 12.2 Å². The number of nitrogens with zero attached hydrogens (tertiary/aromatic N) is 6. The molecule has 2 saturated heterocycles. The topological polar surface area (TPSA) is 163 Å². The van der Waals surface area contributed by atoms with Crippen molar-refractivity contribution in [3.63, 3.8) is 0 Å². The lowest BCUT2D eigenvalue weighted by Gasteiger charge is -2.34. The number of benzene rings is 2. The van der Waals surface area contributed by atoms with E-state index < -0.39 is 46.6 Å². The first-order valence-electron chi connectivity index (χ1n) is 18.7. The van der Waals surface area contributed by atoms with Crippen LogP contribution in [0.25, 0.3) is 0 Å². The zero-order chi connectivity index (χ0) is 42.8. The van der Waals surface area contributed by atoms with Gasteiger partial charge in [-0.15, -0.1) is 0 Å². The number of rotatable bonds is 12. The van der Waals surface area contributed by atoms with Crippen molar-refractivity contribution in [3.8, 4) is 11.8 Å². The van der Waals surface area contributed by atoms with Gasteiger partial charge < -0.3 is 30.1 Å². The molecular formula is C40H41F4N9O5S. The summed E-state index contributed by atoms with van der Waals surface area (Å²) in [7, 11) is 0. The van der Waals surface area contributed by atoms with Crippen LogP contribution < -0.4 is 30.5 Å². The van der Waals surface area contributed by atoms with Gasteiger partial charge in [-0.25, -0.2) is 9.37 Å². The Bertz CT molecular complexity index is 2280. The van der Waals surface area contributed by atoms with Crippen LogP contribution in [0.3, 0.4) is 0 Å². The number of hydrogen-bond acceptors (Lipinski definition) is 11. The fourth-order valence-corrected chi connectivity index (χ4v) is 7.62. The third kappa shape index (κ3) is 9.22. The zero-order valence-corrected chi connectivity index (χ0v) is 33.4. The maximum atomic E-state index is 14.4. The molecule has 3 aliphatic rings. The molecular weight excluding hydrogens is 795 g/mol. The van der Waals surface area contributed by atoms with E-state index in [-0.39, 0.29) is 47.7 Å². The van der Waals surface area contributed by atoms with Crippen molar-refractivity contribution in [3.05, 3.63) is 83.2 Å². The molecule has 0 aliphatic carbocycles. The number of imide groups is 1. The van der Waals surface area contributed by atoms with E-state index in [4.69, 9.17) is 22.2 Å². The van der Waals surface area contributed by atoms with Crippen LogP contribution in [0.5, 0.6) is 5.75 Å². The second-order valence-corrected chi connectivity index (χ2v) is 15.0. The standard InChI is InChI=1S/C40H41F4N9O5S/c1-5-24-14-28(53-38(59)52(37(57)39(53,3)4)29-18-30(40(42,43)44)32(19-45)46-20-29)6-8-33(24)58-13-12-50-10-11-51(23(2)21-50)22-35(55)48-27-16-25(41)15-26(17-27)47-31-7-9-34(54)49-36(31)56/h6,8,14-18,20-21,31,47H,5,7,9-13,22H2,1-4H3,(H,48,55)(H,49,54,56). The van der Waals surface area contributed by atoms with Crippen LogP contribution in [0.2, 0.25) is 0 Å². The largest absolute Gasteiger partial charge is 0.491 e. The van der Waals surface area contributed by atoms with Crippen molar-refractivity contribution in [2.24, 2.45) is 0 Å². The molecule has 59 heavy (non-hydrogen) atoms. The Morgan fingerprint density at radius 1 is 1.10 bits per heavy atom. The minimum Gasteiger partial charge on any atom is -0.491 e. The van der Waals surface area contributed by atoms with Crippen molar-refractivity contribution in [2.45, 2.75) is 64.7 Å². The summed E-state index contributed by atoms with van der Waals surface area (Å²) < 4.78 is 61.8. The lowest BCUT2D eigenvalue weighted by Crippen LogP contribution is -2.47. The van der Waals surface area contributed by atoms with Gasteiger partial charge >= 0.3 is 6.18 Å². The number of ether oxygens (including phenoxy) is 1. The molecule has 3 N–H and O–H groups in total. The highest BCUT2D eigenvalue weighted by atomic mass is 32.1. The number of halogens is 4. The number of amides is 4. The van der Waals surface area contributed by atoms with Gasteiger partial charge in [-0.05, 0) is 93.9 Å². The van der Waals surface area contributed by atoms with E-state index in [9.17, 15) is 36.7 Å². The minimum absolute atomic E-state index is 0.0187. The van der Waals surface area contributed by atoms with Crippen LogP contribution in [0, 0.1) is 17.1 Å². The molecule has 1 atom stereocenters. The summed E-state index contributed by atoms with van der Waals surface area (Å²) in [5.74, 6) is -1.79. The third-order valence-electron chi connectivity index (χ3n) is 10.2. The highest BCUT2D eigenvalue weighted by Crippen LogP contribution is 2.40. The first-order valence-corrected chi connectivity index (χ1v) is 19.1. The molecule has 1 unspecified atom stereocenters. The van der Waals surface area contributed by atoms with Crippen LogP contribution in [0.1, 0.15) is 57.4 Å². The monoisotopic (exact) mass is 835 g/mol. The van der Waals surface area contributed by atoms with Gasteiger partial charge in [0.2, 0.25) is 17.7 Å². The Labute approximate surface area is 342 Å². The molecule has 4 heterocycles. The number of carbonyl (C=O) groups excluding carboxylic acids is 4. The number of thiocarbonyl (C=S) groups is 1. The number of pyridine rings is 1. The average Bonchev–Trinajstić information content (AvgIpc) is 3.34. The highest BCUT2D eigenvalue weighted by molar-refractivity contribution is 7.81. The van der Waals surface area contributed by atoms with Crippen LogP contribution in [0.4, 0.5) is 40.3 Å². The summed E-state index contributed by atoms with van der Waals surface area (Å²) in [6, 6.07) is 10.7. The molecule has 4 amide bonds. The number of aromatic nitrogens is 1. The van der Waals surface area contributed by atoms with Crippen LogP contribution in [0.15, 0.2) is 60.6 Å². The number of alkyl halides is 3. The summed E-state index contributed by atoms with van der Waals surface area (Å²) in [5, 5.41) is 17.0. The molecule has 1 aromatic heterocycles. The van der Waals surface area contributed by atoms with Gasteiger partial charge in [0.15, 0.2) is 10.8 Å². The summed E-state index contributed by atoms with van der Waals surface area (Å²) in [6.45, 7) is 9.04. The fraction of sp³-hybridized carbons (Fsp3) is 0.375. The summed E-state index contributed by atoms with van der Waals surface area (Å²) >= 11 is 5.67. The van der Waals surface area contributed by atoms with Crippen LogP contribution in [-0.4, -0.2) is 87.9 Å². The number of allylic oxidation sites excluding steroid dienone is 1. The van der Waals surface area contributed by atoms with E-state index in [2.05, 4.69) is 25.8 Å². The lowest BCUT2D eigenvalue weighted by atomic mass is 10.0. The Morgan fingerprint density at radius 3 is 2.53 bits per heavy atom.